The average Bonchev–Trinajstić information content (AvgIpc) is 3.40. The van der Waals surface area contributed by atoms with Gasteiger partial charge in [0.2, 0.25) is 15.9 Å². The smallest absolute Gasteiger partial charge is 0.416 e. The molecule has 0 saturated carbocycles. The van der Waals surface area contributed by atoms with Crippen LogP contribution in [0.15, 0.2) is 58.4 Å². The summed E-state index contributed by atoms with van der Waals surface area (Å²) in [6, 6.07) is 12.7. The van der Waals surface area contributed by atoms with E-state index < -0.39 is 32.3 Å². The van der Waals surface area contributed by atoms with Gasteiger partial charge in [0, 0.05) is 45.2 Å². The third-order valence-electron chi connectivity index (χ3n) is 6.38. The van der Waals surface area contributed by atoms with Crippen LogP contribution in [0.3, 0.4) is 0 Å². The minimum absolute atomic E-state index is 0.0884. The minimum atomic E-state index is -4.04. The van der Waals surface area contributed by atoms with Crippen molar-refractivity contribution in [2.45, 2.75) is 57.1 Å². The number of unbranched alkanes of at least 4 members (excludes halogenated alkanes) is 1. The molecule has 0 N–H and O–H groups in total. The highest BCUT2D eigenvalue weighted by Gasteiger charge is 2.30. The lowest BCUT2D eigenvalue weighted by atomic mass is 10.1. The summed E-state index contributed by atoms with van der Waals surface area (Å²) in [5.74, 6) is 0.471. The van der Waals surface area contributed by atoms with Gasteiger partial charge in [0.1, 0.15) is 11.4 Å². The van der Waals surface area contributed by atoms with Gasteiger partial charge in [-0.15, -0.1) is 0 Å². The van der Waals surface area contributed by atoms with Gasteiger partial charge >= 0.3 is 6.09 Å². The number of para-hydroxylation sites is 1. The normalized spacial score (nSPS) is 13.7. The number of hydrogen-bond donors (Lipinski definition) is 0. The SMILES string of the molecule is CN(Cc1ccc(C2=NCCN2C(=O)OC(C)(C)C)cc1)C(=O)CCCCN(C)S(=O)(=O)c1ccccc1[N+](=O)[O-]. The lowest BCUT2D eigenvalue weighted by molar-refractivity contribution is -0.387. The molecular weight excluding hydrogens is 550 g/mol. The zero-order chi connectivity index (χ0) is 30.4. The molecule has 0 unspecified atom stereocenters. The Balaban J connectivity index is 1.48. The molecule has 0 fully saturated rings. The van der Waals surface area contributed by atoms with Crippen molar-refractivity contribution in [2.75, 3.05) is 33.7 Å². The molecular formula is C28H37N5O7S. The summed E-state index contributed by atoms with van der Waals surface area (Å²) in [5.41, 5.74) is 0.610. The number of ether oxygens (including phenoxy) is 1. The van der Waals surface area contributed by atoms with Crippen molar-refractivity contribution in [1.82, 2.24) is 14.1 Å². The van der Waals surface area contributed by atoms with Gasteiger partial charge in [-0.2, -0.15) is 0 Å². The van der Waals surface area contributed by atoms with Gasteiger partial charge in [-0.25, -0.2) is 17.5 Å². The summed E-state index contributed by atoms with van der Waals surface area (Å²) in [5, 5.41) is 11.2. The number of carbonyl (C=O) groups excluding carboxylic acids is 2. The lowest BCUT2D eigenvalue weighted by Crippen LogP contribution is -2.39. The van der Waals surface area contributed by atoms with E-state index in [1.165, 1.54) is 30.1 Å². The maximum atomic E-state index is 12.8. The third-order valence-corrected chi connectivity index (χ3v) is 8.28. The van der Waals surface area contributed by atoms with Crippen LogP contribution in [0, 0.1) is 10.1 Å². The number of carbonyl (C=O) groups is 2. The second kappa shape index (κ2) is 13.2. The number of aliphatic imine (C=N–C) groups is 1. The van der Waals surface area contributed by atoms with E-state index in [1.54, 1.807) is 11.9 Å². The first-order chi connectivity index (χ1) is 19.2. The summed E-state index contributed by atoms with van der Waals surface area (Å²) in [6.07, 6.45) is 0.670. The Morgan fingerprint density at radius 2 is 1.73 bits per heavy atom. The van der Waals surface area contributed by atoms with E-state index >= 15 is 0 Å². The highest BCUT2D eigenvalue weighted by atomic mass is 32.2. The number of amides is 2. The standard InChI is InChI=1S/C28H37N5O7S/c1-28(2,3)40-27(35)32-19-17-29-26(32)22-15-13-21(14-16-22)20-30(4)25(34)12-8-9-18-31(5)41(38,39)24-11-7-6-10-23(24)33(36)37/h6-7,10-11,13-16H,8-9,12,17-20H2,1-5H3. The van der Waals surface area contributed by atoms with E-state index in [0.29, 0.717) is 38.3 Å². The first-order valence-electron chi connectivity index (χ1n) is 13.3. The molecule has 12 nitrogen and oxygen atoms in total. The predicted molar refractivity (Wildman–Crippen MR) is 154 cm³/mol. The first-order valence-corrected chi connectivity index (χ1v) is 14.7. The molecule has 222 valence electrons. The molecule has 0 radical (unpaired) electrons. The van der Waals surface area contributed by atoms with Gasteiger partial charge in [-0.3, -0.25) is 24.8 Å². The zero-order valence-electron chi connectivity index (χ0n) is 24.1. The molecule has 0 saturated heterocycles. The zero-order valence-corrected chi connectivity index (χ0v) is 24.9. The maximum Gasteiger partial charge on any atom is 0.416 e. The van der Waals surface area contributed by atoms with Crippen molar-refractivity contribution in [3.63, 3.8) is 0 Å². The Labute approximate surface area is 240 Å². The van der Waals surface area contributed by atoms with Crippen molar-refractivity contribution in [2.24, 2.45) is 4.99 Å². The van der Waals surface area contributed by atoms with Gasteiger partial charge in [0.15, 0.2) is 4.90 Å². The second-order valence-corrected chi connectivity index (χ2v) is 12.8. The summed E-state index contributed by atoms with van der Waals surface area (Å²) in [6.45, 7) is 6.90. The summed E-state index contributed by atoms with van der Waals surface area (Å²) >= 11 is 0. The Morgan fingerprint density at radius 3 is 2.37 bits per heavy atom. The van der Waals surface area contributed by atoms with Gasteiger partial charge < -0.3 is 9.64 Å². The van der Waals surface area contributed by atoms with Gasteiger partial charge in [0.05, 0.1) is 18.0 Å². The van der Waals surface area contributed by atoms with Crippen molar-refractivity contribution < 1.29 is 27.7 Å². The van der Waals surface area contributed by atoms with Gasteiger partial charge in [0.25, 0.3) is 5.69 Å². The fraction of sp³-hybridized carbons (Fsp3) is 0.464. The molecule has 0 atom stereocenters. The quantitative estimate of drug-likeness (QED) is 0.219. The van der Waals surface area contributed by atoms with Crippen LogP contribution in [0.2, 0.25) is 0 Å². The molecule has 1 aliphatic heterocycles. The van der Waals surface area contributed by atoms with Crippen LogP contribution < -0.4 is 0 Å². The molecule has 3 rings (SSSR count). The number of nitro groups is 1. The second-order valence-electron chi connectivity index (χ2n) is 10.8. The lowest BCUT2D eigenvalue weighted by Gasteiger charge is -2.25. The number of nitrogens with zero attached hydrogens (tertiary/aromatic N) is 5. The van der Waals surface area contributed by atoms with Crippen LogP contribution in [0.25, 0.3) is 0 Å². The molecule has 2 aromatic carbocycles. The Hall–Kier alpha value is -3.84. The average molecular weight is 588 g/mol. The largest absolute Gasteiger partial charge is 0.443 e. The van der Waals surface area contributed by atoms with E-state index in [4.69, 9.17) is 4.74 Å². The van der Waals surface area contributed by atoms with Crippen LogP contribution in [-0.4, -0.2) is 84.6 Å². The van der Waals surface area contributed by atoms with Crippen molar-refractivity contribution in [1.29, 1.82) is 0 Å². The molecule has 2 aromatic rings. The van der Waals surface area contributed by atoms with E-state index in [9.17, 15) is 28.1 Å². The number of sulfonamides is 1. The molecule has 13 heteroatoms. The first kappa shape index (κ1) is 31.7. The molecule has 0 bridgehead atoms. The topological polar surface area (TPSA) is 143 Å². The molecule has 0 aromatic heterocycles. The Kier molecular flexibility index (Phi) is 10.2. The fourth-order valence-corrected chi connectivity index (χ4v) is 5.59. The molecule has 41 heavy (non-hydrogen) atoms. The molecule has 2 amide bonds. The number of nitro benzene ring substituents is 1. The van der Waals surface area contributed by atoms with Crippen molar-refractivity contribution in [3.05, 3.63) is 69.8 Å². The van der Waals surface area contributed by atoms with E-state index in [2.05, 4.69) is 4.99 Å². The van der Waals surface area contributed by atoms with Crippen LogP contribution in [0.5, 0.6) is 0 Å². The molecule has 0 spiro atoms. The fourth-order valence-electron chi connectivity index (χ4n) is 4.23. The molecule has 0 aliphatic carbocycles. The van der Waals surface area contributed by atoms with E-state index in [-0.39, 0.29) is 23.8 Å². The number of benzene rings is 2. The third kappa shape index (κ3) is 8.33. The predicted octanol–water partition coefficient (Wildman–Crippen LogP) is 4.04. The van der Waals surface area contributed by atoms with Crippen LogP contribution >= 0.6 is 0 Å². The molecule has 1 heterocycles. The van der Waals surface area contributed by atoms with Crippen LogP contribution in [0.4, 0.5) is 10.5 Å². The minimum Gasteiger partial charge on any atom is -0.443 e. The number of hydrogen-bond acceptors (Lipinski definition) is 8. The highest BCUT2D eigenvalue weighted by Crippen LogP contribution is 2.26. The van der Waals surface area contributed by atoms with E-state index in [1.807, 2.05) is 45.0 Å². The summed E-state index contributed by atoms with van der Waals surface area (Å²) in [4.78, 5) is 43.0. The molecule has 1 aliphatic rings. The highest BCUT2D eigenvalue weighted by molar-refractivity contribution is 7.89. The summed E-state index contributed by atoms with van der Waals surface area (Å²) < 4.78 is 32.2. The van der Waals surface area contributed by atoms with Crippen LogP contribution in [0.1, 0.15) is 51.2 Å². The monoisotopic (exact) mass is 587 g/mol. The van der Waals surface area contributed by atoms with Crippen molar-refractivity contribution >= 4 is 33.5 Å². The van der Waals surface area contributed by atoms with Crippen molar-refractivity contribution in [3.8, 4) is 0 Å². The Morgan fingerprint density at radius 1 is 1.07 bits per heavy atom. The maximum absolute atomic E-state index is 12.8. The number of amidine groups is 1. The van der Waals surface area contributed by atoms with Gasteiger partial charge in [-0.05, 0) is 45.2 Å². The summed E-state index contributed by atoms with van der Waals surface area (Å²) in [7, 11) is -0.970. The van der Waals surface area contributed by atoms with Gasteiger partial charge in [-0.1, -0.05) is 36.4 Å². The number of rotatable bonds is 11. The van der Waals surface area contributed by atoms with Crippen LogP contribution in [-0.2, 0) is 26.1 Å². The van der Waals surface area contributed by atoms with E-state index in [0.717, 1.165) is 21.5 Å². The Bertz CT molecular complexity index is 1400.